The van der Waals surface area contributed by atoms with Gasteiger partial charge in [0.15, 0.2) is 5.82 Å². The number of nitrogens with zero attached hydrogens (tertiary/aromatic N) is 4. The van der Waals surface area contributed by atoms with E-state index in [0.717, 1.165) is 16.8 Å². The minimum atomic E-state index is -1.09. The molecule has 4 rings (SSSR count). The van der Waals surface area contributed by atoms with Crippen molar-refractivity contribution in [1.82, 2.24) is 25.4 Å². The van der Waals surface area contributed by atoms with Gasteiger partial charge in [0.05, 0.1) is 50.9 Å². The van der Waals surface area contributed by atoms with E-state index in [1.54, 1.807) is 19.2 Å². The highest BCUT2D eigenvalue weighted by Crippen LogP contribution is 2.36. The van der Waals surface area contributed by atoms with Crippen molar-refractivity contribution < 1.29 is 28.9 Å². The van der Waals surface area contributed by atoms with E-state index in [1.807, 2.05) is 48.7 Å². The average molecular weight is 585 g/mol. The van der Waals surface area contributed by atoms with Gasteiger partial charge in [0, 0.05) is 29.2 Å². The van der Waals surface area contributed by atoms with Crippen molar-refractivity contribution in [2.75, 3.05) is 46.6 Å². The number of carbonyl (C=O) groups is 2. The summed E-state index contributed by atoms with van der Waals surface area (Å²) in [6, 6.07) is 12.5. The molecule has 1 aliphatic heterocycles. The molecule has 1 aliphatic rings. The minimum Gasteiger partial charge on any atom is -0.497 e. The summed E-state index contributed by atoms with van der Waals surface area (Å²) in [7, 11) is 1.61. The predicted octanol–water partition coefficient (Wildman–Crippen LogP) is 3.18. The van der Waals surface area contributed by atoms with Crippen LogP contribution in [0, 0.1) is 12.8 Å². The first-order valence-corrected chi connectivity index (χ1v) is 13.5. The second-order valence-electron chi connectivity index (χ2n) is 9.29. The SMILES string of the molecule is COc1ccc2c(c1)C(c1ccc(Cl)cc1)=N[C@@H]([C@@H](C)C(=O)NCCOCCOCCNC(=O)O)c1nnc(C)n1-2. The Morgan fingerprint density at radius 3 is 2.37 bits per heavy atom. The molecule has 0 fully saturated rings. The number of nitrogens with one attached hydrogen (secondary N) is 2. The van der Waals surface area contributed by atoms with E-state index in [1.165, 1.54) is 0 Å². The highest BCUT2D eigenvalue weighted by Gasteiger charge is 2.34. The maximum absolute atomic E-state index is 13.3. The van der Waals surface area contributed by atoms with Crippen molar-refractivity contribution in [3.8, 4) is 11.4 Å². The molecule has 3 aromatic rings. The first-order valence-electron chi connectivity index (χ1n) is 13.1. The molecule has 0 aliphatic carbocycles. The summed E-state index contributed by atoms with van der Waals surface area (Å²) in [5.41, 5.74) is 3.18. The van der Waals surface area contributed by atoms with Crippen molar-refractivity contribution in [1.29, 1.82) is 0 Å². The lowest BCUT2D eigenvalue weighted by molar-refractivity contribution is -0.125. The summed E-state index contributed by atoms with van der Waals surface area (Å²) in [5.74, 6) is 1.12. The molecule has 2 atom stereocenters. The molecule has 2 amide bonds. The molecule has 0 spiro atoms. The van der Waals surface area contributed by atoms with Gasteiger partial charge >= 0.3 is 6.09 Å². The predicted molar refractivity (Wildman–Crippen MR) is 152 cm³/mol. The number of benzene rings is 2. The van der Waals surface area contributed by atoms with Crippen LogP contribution in [0.3, 0.4) is 0 Å². The van der Waals surface area contributed by atoms with Crippen LogP contribution in [0.2, 0.25) is 5.02 Å². The van der Waals surface area contributed by atoms with E-state index >= 15 is 0 Å². The smallest absolute Gasteiger partial charge is 0.404 e. The van der Waals surface area contributed by atoms with Crippen LogP contribution in [-0.4, -0.2) is 84.2 Å². The van der Waals surface area contributed by atoms with E-state index in [9.17, 15) is 9.59 Å². The zero-order chi connectivity index (χ0) is 29.4. The third kappa shape index (κ3) is 7.40. The molecule has 13 heteroatoms. The molecular weight excluding hydrogens is 552 g/mol. The number of hydrogen-bond donors (Lipinski definition) is 3. The van der Waals surface area contributed by atoms with Gasteiger partial charge in [-0.2, -0.15) is 0 Å². The first-order chi connectivity index (χ1) is 19.8. The highest BCUT2D eigenvalue weighted by atomic mass is 35.5. The maximum atomic E-state index is 13.3. The van der Waals surface area contributed by atoms with E-state index in [0.29, 0.717) is 54.5 Å². The number of ether oxygens (including phenoxy) is 3. The zero-order valence-electron chi connectivity index (χ0n) is 23.1. The van der Waals surface area contributed by atoms with E-state index in [-0.39, 0.29) is 19.1 Å². The molecular formula is C28H33ClN6O6. The molecule has 2 heterocycles. The summed E-state index contributed by atoms with van der Waals surface area (Å²) >= 11 is 6.17. The van der Waals surface area contributed by atoms with Gasteiger partial charge in [0.2, 0.25) is 5.91 Å². The van der Waals surface area contributed by atoms with Crippen molar-refractivity contribution in [3.63, 3.8) is 0 Å². The number of fused-ring (bicyclic) bond motifs is 3. The van der Waals surface area contributed by atoms with Crippen LogP contribution in [-0.2, 0) is 14.3 Å². The largest absolute Gasteiger partial charge is 0.497 e. The lowest BCUT2D eigenvalue weighted by Gasteiger charge is -2.19. The summed E-state index contributed by atoms with van der Waals surface area (Å²) in [6.45, 7) is 5.36. The Bertz CT molecular complexity index is 1390. The van der Waals surface area contributed by atoms with Crippen LogP contribution >= 0.6 is 11.6 Å². The minimum absolute atomic E-state index is 0.204. The molecule has 0 radical (unpaired) electrons. The van der Waals surface area contributed by atoms with E-state index < -0.39 is 18.1 Å². The summed E-state index contributed by atoms with van der Waals surface area (Å²) < 4.78 is 18.3. The number of amides is 2. The molecule has 0 saturated carbocycles. The fourth-order valence-corrected chi connectivity index (χ4v) is 4.56. The number of halogens is 1. The van der Waals surface area contributed by atoms with Crippen LogP contribution in [0.4, 0.5) is 4.79 Å². The second-order valence-corrected chi connectivity index (χ2v) is 9.73. The quantitative estimate of drug-likeness (QED) is 0.259. The number of aliphatic imine (C=N–C) groups is 1. The number of aryl methyl sites for hydroxylation is 1. The Kier molecular flexibility index (Phi) is 10.3. The monoisotopic (exact) mass is 584 g/mol. The van der Waals surface area contributed by atoms with Crippen LogP contribution in [0.15, 0.2) is 47.5 Å². The number of carbonyl (C=O) groups excluding carboxylic acids is 1. The second kappa shape index (κ2) is 14.1. The van der Waals surface area contributed by atoms with Crippen molar-refractivity contribution in [2.45, 2.75) is 19.9 Å². The first kappa shape index (κ1) is 30.0. The van der Waals surface area contributed by atoms with Gasteiger partial charge in [0.25, 0.3) is 0 Å². The molecule has 0 saturated heterocycles. The van der Waals surface area contributed by atoms with E-state index in [4.69, 9.17) is 35.9 Å². The standard InChI is InChI=1S/C28H33ClN6O6/c1-17(27(36)30-10-12-40-14-15-41-13-11-31-28(37)38)24-26-34-33-18(2)35(26)23-9-8-21(39-3)16-22(23)25(32-24)19-4-6-20(29)7-5-19/h4-9,16-17,24,31H,10-15H2,1-3H3,(H,30,36)(H,37,38)/t17-,24+/m1/s1. The molecule has 0 bridgehead atoms. The number of carboxylic acid groups (broad SMARTS) is 1. The van der Waals surface area contributed by atoms with Gasteiger partial charge in [-0.25, -0.2) is 4.79 Å². The Morgan fingerprint density at radius 1 is 1.02 bits per heavy atom. The van der Waals surface area contributed by atoms with Crippen molar-refractivity contribution in [3.05, 3.63) is 70.3 Å². The van der Waals surface area contributed by atoms with Crippen LogP contribution < -0.4 is 15.4 Å². The molecule has 218 valence electrons. The number of hydrogen-bond acceptors (Lipinski definition) is 8. The van der Waals surface area contributed by atoms with Crippen molar-refractivity contribution in [2.24, 2.45) is 10.9 Å². The van der Waals surface area contributed by atoms with Gasteiger partial charge in [-0.05, 0) is 37.3 Å². The molecule has 1 aromatic heterocycles. The van der Waals surface area contributed by atoms with Gasteiger partial charge < -0.3 is 30.0 Å². The Morgan fingerprint density at radius 2 is 1.71 bits per heavy atom. The van der Waals surface area contributed by atoms with Crippen molar-refractivity contribution >= 4 is 29.3 Å². The molecule has 0 unspecified atom stereocenters. The van der Waals surface area contributed by atoms with Gasteiger partial charge in [-0.3, -0.25) is 14.4 Å². The zero-order valence-corrected chi connectivity index (χ0v) is 23.8. The average Bonchev–Trinajstić information content (AvgIpc) is 3.27. The number of aromatic nitrogens is 3. The fraction of sp³-hybridized carbons (Fsp3) is 0.393. The number of rotatable bonds is 13. The summed E-state index contributed by atoms with van der Waals surface area (Å²) in [4.78, 5) is 28.8. The summed E-state index contributed by atoms with van der Waals surface area (Å²) in [6.07, 6.45) is -1.09. The molecule has 41 heavy (non-hydrogen) atoms. The topological polar surface area (TPSA) is 149 Å². The lowest BCUT2D eigenvalue weighted by atomic mass is 9.98. The number of methoxy groups -OCH3 is 1. The third-order valence-corrected chi connectivity index (χ3v) is 6.78. The Labute approximate surface area is 242 Å². The highest BCUT2D eigenvalue weighted by molar-refractivity contribution is 6.30. The Hall–Kier alpha value is -4.00. The van der Waals surface area contributed by atoms with Crippen LogP contribution in [0.5, 0.6) is 5.75 Å². The molecule has 3 N–H and O–H groups in total. The van der Waals surface area contributed by atoms with Gasteiger partial charge in [0.1, 0.15) is 17.6 Å². The maximum Gasteiger partial charge on any atom is 0.404 e. The lowest BCUT2D eigenvalue weighted by Crippen LogP contribution is -2.35. The van der Waals surface area contributed by atoms with Crippen LogP contribution in [0.25, 0.3) is 5.69 Å². The normalized spacial score (nSPS) is 14.7. The van der Waals surface area contributed by atoms with E-state index in [2.05, 4.69) is 20.8 Å². The van der Waals surface area contributed by atoms with Gasteiger partial charge in [-0.1, -0.05) is 30.7 Å². The Balaban J connectivity index is 1.49. The van der Waals surface area contributed by atoms with Crippen LogP contribution in [0.1, 0.15) is 35.7 Å². The fourth-order valence-electron chi connectivity index (χ4n) is 4.44. The summed E-state index contributed by atoms with van der Waals surface area (Å²) in [5, 5.41) is 23.0. The molecule has 12 nitrogen and oxygen atoms in total. The molecule has 2 aromatic carbocycles. The van der Waals surface area contributed by atoms with Gasteiger partial charge in [-0.15, -0.1) is 10.2 Å². The third-order valence-electron chi connectivity index (χ3n) is 6.53.